The van der Waals surface area contributed by atoms with E-state index < -0.39 is 19.9 Å². The molecule has 0 bridgehead atoms. The highest BCUT2D eigenvalue weighted by atomic mass is 32.2. The van der Waals surface area contributed by atoms with Crippen LogP contribution < -0.4 is 5.32 Å². The first-order valence-corrected chi connectivity index (χ1v) is 14.3. The number of nitrogens with one attached hydrogen (secondary N) is 1. The largest absolute Gasteiger partial charge is 0.407 e. The quantitative estimate of drug-likeness (QED) is 0.510. The van der Waals surface area contributed by atoms with Crippen LogP contribution in [0, 0.1) is 5.92 Å². The molecule has 0 unspecified atom stereocenters. The minimum atomic E-state index is -3.52. The van der Waals surface area contributed by atoms with Gasteiger partial charge < -0.3 is 4.42 Å². The van der Waals surface area contributed by atoms with Gasteiger partial charge in [0.1, 0.15) is 4.21 Å². The molecule has 1 amide bonds. The molecule has 4 rings (SSSR count). The third kappa shape index (κ3) is 5.49. The summed E-state index contributed by atoms with van der Waals surface area (Å²) < 4.78 is 55.5. The van der Waals surface area contributed by atoms with E-state index in [-0.39, 0.29) is 48.1 Å². The van der Waals surface area contributed by atoms with E-state index in [2.05, 4.69) is 15.5 Å². The topological polar surface area (TPSA) is 140 Å². The van der Waals surface area contributed by atoms with Crippen LogP contribution in [0.25, 0.3) is 0 Å². The Kier molecular flexibility index (Phi) is 6.66. The molecular formula is C20H22N4O6S3. The van der Waals surface area contributed by atoms with Crippen molar-refractivity contribution < 1.29 is 26.0 Å². The second-order valence-electron chi connectivity index (χ2n) is 7.69. The number of carbonyl (C=O) groups is 1. The van der Waals surface area contributed by atoms with E-state index in [0.717, 1.165) is 11.8 Å². The highest BCUT2D eigenvalue weighted by molar-refractivity contribution is 7.91. The van der Waals surface area contributed by atoms with Crippen molar-refractivity contribution in [3.05, 3.63) is 53.2 Å². The molecule has 0 saturated carbocycles. The highest BCUT2D eigenvalue weighted by Gasteiger charge is 2.33. The maximum Gasteiger partial charge on any atom is 0.322 e. The molecule has 0 spiro atoms. The van der Waals surface area contributed by atoms with Gasteiger partial charge in [-0.1, -0.05) is 23.3 Å². The summed E-state index contributed by atoms with van der Waals surface area (Å²) in [5.41, 5.74) is 0.781. The molecule has 1 fully saturated rings. The van der Waals surface area contributed by atoms with Crippen LogP contribution in [-0.4, -0.2) is 56.6 Å². The fraction of sp³-hybridized carbons (Fsp3) is 0.350. The Labute approximate surface area is 195 Å². The van der Waals surface area contributed by atoms with Crippen molar-refractivity contribution in [2.75, 3.05) is 24.7 Å². The van der Waals surface area contributed by atoms with Crippen molar-refractivity contribution in [3.8, 4) is 0 Å². The number of thiophene rings is 1. The Hall–Kier alpha value is -2.61. The summed E-state index contributed by atoms with van der Waals surface area (Å²) in [4.78, 5) is 12.8. The lowest BCUT2D eigenvalue weighted by molar-refractivity contribution is -0.121. The molecule has 33 heavy (non-hydrogen) atoms. The van der Waals surface area contributed by atoms with E-state index >= 15 is 0 Å². The minimum absolute atomic E-state index is 0.0311. The fourth-order valence-corrected chi connectivity index (χ4v) is 6.75. The summed E-state index contributed by atoms with van der Waals surface area (Å²) >= 11 is 1.17. The zero-order valence-corrected chi connectivity index (χ0v) is 20.1. The number of piperidine rings is 1. The molecule has 13 heteroatoms. The minimum Gasteiger partial charge on any atom is -0.407 e. The summed E-state index contributed by atoms with van der Waals surface area (Å²) in [7, 11) is -6.79. The molecule has 3 aromatic rings. The van der Waals surface area contributed by atoms with Gasteiger partial charge in [-0.3, -0.25) is 10.1 Å². The highest BCUT2D eigenvalue weighted by Crippen LogP contribution is 2.27. The molecule has 176 valence electrons. The first kappa shape index (κ1) is 23.5. The van der Waals surface area contributed by atoms with Gasteiger partial charge in [0.25, 0.3) is 10.0 Å². The normalized spacial score (nSPS) is 16.0. The van der Waals surface area contributed by atoms with Crippen molar-refractivity contribution in [2.45, 2.75) is 28.4 Å². The van der Waals surface area contributed by atoms with Crippen LogP contribution in [0.5, 0.6) is 0 Å². The predicted molar refractivity (Wildman–Crippen MR) is 121 cm³/mol. The number of amides is 1. The molecule has 1 aromatic carbocycles. The summed E-state index contributed by atoms with van der Waals surface area (Å²) in [6.07, 6.45) is 2.21. The average Bonchev–Trinajstić information content (AvgIpc) is 3.46. The second-order valence-corrected chi connectivity index (χ2v) is 12.8. The average molecular weight is 511 g/mol. The van der Waals surface area contributed by atoms with E-state index in [0.29, 0.717) is 17.1 Å². The standard InChI is InChI=1S/C20H22N4O6S3/c1-32(26,27)16-6-4-14(5-7-16)13-17-22-23-20(30-17)21-19(25)15-8-10-24(11-9-15)33(28,29)18-3-2-12-31-18/h2-7,12,15H,8-11,13H2,1H3,(H,21,23,25). The number of aromatic nitrogens is 2. The maximum absolute atomic E-state index is 12.6. The van der Waals surface area contributed by atoms with Crippen molar-refractivity contribution in [2.24, 2.45) is 5.92 Å². The first-order valence-electron chi connectivity index (χ1n) is 10.1. The molecule has 1 aliphatic rings. The van der Waals surface area contributed by atoms with Crippen LogP contribution >= 0.6 is 11.3 Å². The van der Waals surface area contributed by atoms with Gasteiger partial charge in [0.2, 0.25) is 11.8 Å². The maximum atomic E-state index is 12.6. The third-order valence-electron chi connectivity index (χ3n) is 5.32. The molecule has 3 heterocycles. The van der Waals surface area contributed by atoms with E-state index in [1.807, 2.05) is 0 Å². The lowest BCUT2D eigenvalue weighted by Crippen LogP contribution is -2.41. The number of hydrogen-bond acceptors (Lipinski definition) is 9. The Morgan fingerprint density at radius 1 is 1.12 bits per heavy atom. The molecule has 0 aliphatic carbocycles. The summed E-state index contributed by atoms with van der Waals surface area (Å²) in [5, 5.41) is 12.1. The lowest BCUT2D eigenvalue weighted by atomic mass is 9.97. The first-order chi connectivity index (χ1) is 15.6. The van der Waals surface area contributed by atoms with Gasteiger partial charge in [0.15, 0.2) is 9.84 Å². The van der Waals surface area contributed by atoms with Crippen LogP contribution in [0.15, 0.2) is 55.3 Å². The van der Waals surface area contributed by atoms with Crippen LogP contribution in [0.4, 0.5) is 6.01 Å². The van der Waals surface area contributed by atoms with Crippen molar-refractivity contribution >= 4 is 43.1 Å². The molecular weight excluding hydrogens is 488 g/mol. The van der Waals surface area contributed by atoms with Gasteiger partial charge in [-0.2, -0.15) is 4.31 Å². The third-order valence-corrected chi connectivity index (χ3v) is 9.72. The number of sulfonamides is 1. The van der Waals surface area contributed by atoms with Gasteiger partial charge in [0, 0.05) is 25.3 Å². The number of sulfone groups is 1. The smallest absolute Gasteiger partial charge is 0.322 e. The van der Waals surface area contributed by atoms with Gasteiger partial charge in [0.05, 0.1) is 11.3 Å². The van der Waals surface area contributed by atoms with Gasteiger partial charge >= 0.3 is 6.01 Å². The van der Waals surface area contributed by atoms with Gasteiger partial charge in [-0.15, -0.1) is 16.4 Å². The van der Waals surface area contributed by atoms with E-state index in [1.54, 1.807) is 29.6 Å². The fourth-order valence-electron chi connectivity index (χ4n) is 3.51. The molecule has 0 atom stereocenters. The number of rotatable bonds is 7. The summed E-state index contributed by atoms with van der Waals surface area (Å²) in [5.74, 6) is -0.385. The molecule has 1 aliphatic heterocycles. The summed E-state index contributed by atoms with van der Waals surface area (Å²) in [6, 6.07) is 9.58. The predicted octanol–water partition coefficient (Wildman–Crippen LogP) is 2.16. The second kappa shape index (κ2) is 9.33. The van der Waals surface area contributed by atoms with E-state index in [1.165, 1.54) is 27.8 Å². The Morgan fingerprint density at radius 2 is 1.82 bits per heavy atom. The van der Waals surface area contributed by atoms with Gasteiger partial charge in [-0.05, 0) is 42.0 Å². The zero-order valence-electron chi connectivity index (χ0n) is 17.7. The van der Waals surface area contributed by atoms with Crippen molar-refractivity contribution in [1.82, 2.24) is 14.5 Å². The molecule has 1 saturated heterocycles. The molecule has 2 aromatic heterocycles. The number of hydrogen-bond donors (Lipinski definition) is 1. The molecule has 10 nitrogen and oxygen atoms in total. The SMILES string of the molecule is CS(=O)(=O)c1ccc(Cc2nnc(NC(=O)C3CCN(S(=O)(=O)c4cccs4)CC3)o2)cc1. The number of nitrogens with zero attached hydrogens (tertiary/aromatic N) is 3. The van der Waals surface area contributed by atoms with Crippen LogP contribution in [0.3, 0.4) is 0 Å². The van der Waals surface area contributed by atoms with E-state index in [4.69, 9.17) is 4.42 Å². The van der Waals surface area contributed by atoms with Crippen molar-refractivity contribution in [3.63, 3.8) is 0 Å². The molecule has 1 N–H and O–H groups in total. The van der Waals surface area contributed by atoms with E-state index in [9.17, 15) is 21.6 Å². The van der Waals surface area contributed by atoms with Crippen molar-refractivity contribution in [1.29, 1.82) is 0 Å². The van der Waals surface area contributed by atoms with Crippen LogP contribution in [-0.2, 0) is 31.1 Å². The molecule has 0 radical (unpaired) electrons. The number of benzene rings is 1. The summed E-state index contributed by atoms with van der Waals surface area (Å²) in [6.45, 7) is 0.522. The Balaban J connectivity index is 1.31. The zero-order chi connectivity index (χ0) is 23.6. The number of carbonyl (C=O) groups excluding carboxylic acids is 1. The van der Waals surface area contributed by atoms with Gasteiger partial charge in [-0.25, -0.2) is 16.8 Å². The van der Waals surface area contributed by atoms with Crippen LogP contribution in [0.2, 0.25) is 0 Å². The monoisotopic (exact) mass is 510 g/mol. The number of anilines is 1. The lowest BCUT2D eigenvalue weighted by Gasteiger charge is -2.29. The Bertz CT molecular complexity index is 1320. The van der Waals surface area contributed by atoms with Crippen LogP contribution in [0.1, 0.15) is 24.3 Å². The Morgan fingerprint density at radius 3 is 2.42 bits per heavy atom.